The van der Waals surface area contributed by atoms with Crippen LogP contribution in [0.3, 0.4) is 0 Å². The lowest BCUT2D eigenvalue weighted by Gasteiger charge is -2.21. The van der Waals surface area contributed by atoms with Gasteiger partial charge in [-0.25, -0.2) is 4.99 Å². The Bertz CT molecular complexity index is 584. The Morgan fingerprint density at radius 2 is 2.06 bits per heavy atom. The van der Waals surface area contributed by atoms with E-state index in [9.17, 15) is 0 Å². The summed E-state index contributed by atoms with van der Waals surface area (Å²) in [5.41, 5.74) is 1.97. The van der Waals surface area contributed by atoms with E-state index >= 15 is 0 Å². The summed E-state index contributed by atoms with van der Waals surface area (Å²) < 4.78 is 0. The van der Waals surface area contributed by atoms with Crippen LogP contribution in [0.1, 0.15) is 11.1 Å². The number of aliphatic imine (C=N–C) groups is 1. The fraction of sp³-hybridized carbons (Fsp3) is 0.0769. The van der Waals surface area contributed by atoms with Crippen molar-refractivity contribution in [2.24, 2.45) is 4.99 Å². The molecule has 2 aliphatic heterocycles. The first-order valence-corrected chi connectivity index (χ1v) is 5.69. The fourth-order valence-corrected chi connectivity index (χ4v) is 2.16. The number of benzene rings is 1. The lowest BCUT2D eigenvalue weighted by molar-refractivity contribution is 0.554. The van der Waals surface area contributed by atoms with E-state index in [2.05, 4.69) is 4.99 Å². The average Bonchev–Trinajstić information content (AvgIpc) is 2.46. The predicted molar refractivity (Wildman–Crippen MR) is 69.3 cm³/mol. The first-order chi connectivity index (χ1) is 8.24. The van der Waals surface area contributed by atoms with Crippen molar-refractivity contribution in [3.05, 3.63) is 58.8 Å². The zero-order valence-corrected chi connectivity index (χ0v) is 9.78. The van der Waals surface area contributed by atoms with Crippen LogP contribution in [0.2, 0.25) is 0 Å². The largest absolute Gasteiger partial charge is 0.327 e. The standard InChI is InChI=1S/C13H10ClN3/c14-10-5-6-12-16-13(15)11-4-2-1-3-9(11)7-17(12)8-10/h1-6,8,15H,7H2. The SMILES string of the molecule is N=C1N=C2C=CC(Cl)=CN2Cc2ccccc21. The molecule has 0 aliphatic carbocycles. The molecule has 1 aromatic rings. The van der Waals surface area contributed by atoms with Crippen molar-refractivity contribution in [2.45, 2.75) is 6.54 Å². The van der Waals surface area contributed by atoms with Gasteiger partial charge in [0.25, 0.3) is 0 Å². The van der Waals surface area contributed by atoms with E-state index in [0.717, 1.165) is 17.0 Å². The molecule has 84 valence electrons. The Balaban J connectivity index is 2.12. The quantitative estimate of drug-likeness (QED) is 0.748. The highest BCUT2D eigenvalue weighted by molar-refractivity contribution is 6.32. The van der Waals surface area contributed by atoms with Crippen LogP contribution in [0.5, 0.6) is 0 Å². The van der Waals surface area contributed by atoms with Crippen molar-refractivity contribution in [2.75, 3.05) is 0 Å². The summed E-state index contributed by atoms with van der Waals surface area (Å²) in [5.74, 6) is 1.06. The second-order valence-electron chi connectivity index (χ2n) is 3.95. The second-order valence-corrected chi connectivity index (χ2v) is 4.39. The number of rotatable bonds is 0. The van der Waals surface area contributed by atoms with Crippen LogP contribution in [0.15, 0.2) is 52.6 Å². The monoisotopic (exact) mass is 243 g/mol. The number of hydrogen-bond acceptors (Lipinski definition) is 2. The molecule has 0 bridgehead atoms. The van der Waals surface area contributed by atoms with E-state index in [-0.39, 0.29) is 0 Å². The molecule has 0 amide bonds. The lowest BCUT2D eigenvalue weighted by Crippen LogP contribution is -2.24. The van der Waals surface area contributed by atoms with Gasteiger partial charge in [-0.15, -0.1) is 0 Å². The maximum atomic E-state index is 7.98. The summed E-state index contributed by atoms with van der Waals surface area (Å²) in [4.78, 5) is 6.27. The summed E-state index contributed by atoms with van der Waals surface area (Å²) in [6, 6.07) is 7.84. The van der Waals surface area contributed by atoms with Gasteiger partial charge >= 0.3 is 0 Å². The molecule has 1 N–H and O–H groups in total. The van der Waals surface area contributed by atoms with Crippen molar-refractivity contribution in [3.63, 3.8) is 0 Å². The summed E-state index contributed by atoms with van der Waals surface area (Å²) in [6.07, 6.45) is 5.47. The van der Waals surface area contributed by atoms with Gasteiger partial charge in [-0.05, 0) is 17.7 Å². The van der Waals surface area contributed by atoms with Crippen molar-refractivity contribution in [1.82, 2.24) is 4.90 Å². The average molecular weight is 244 g/mol. The third-order valence-corrected chi connectivity index (χ3v) is 3.03. The first kappa shape index (κ1) is 10.3. The smallest absolute Gasteiger partial charge is 0.154 e. The Hall–Kier alpha value is -1.87. The molecule has 0 atom stereocenters. The van der Waals surface area contributed by atoms with Gasteiger partial charge < -0.3 is 4.90 Å². The minimum absolute atomic E-state index is 0.300. The van der Waals surface area contributed by atoms with Crippen LogP contribution < -0.4 is 0 Å². The molecule has 17 heavy (non-hydrogen) atoms. The van der Waals surface area contributed by atoms with Gasteiger partial charge in [-0.2, -0.15) is 0 Å². The van der Waals surface area contributed by atoms with Crippen LogP contribution in [0, 0.1) is 5.41 Å². The number of amidine groups is 2. The van der Waals surface area contributed by atoms with Gasteiger partial charge in [0, 0.05) is 18.3 Å². The third-order valence-electron chi connectivity index (χ3n) is 2.80. The van der Waals surface area contributed by atoms with Crippen LogP contribution >= 0.6 is 11.6 Å². The van der Waals surface area contributed by atoms with Gasteiger partial charge in [0.2, 0.25) is 0 Å². The highest BCUT2D eigenvalue weighted by Crippen LogP contribution is 2.22. The molecular weight excluding hydrogens is 234 g/mol. The second kappa shape index (κ2) is 3.86. The fourth-order valence-electron chi connectivity index (χ4n) is 1.98. The maximum Gasteiger partial charge on any atom is 0.154 e. The minimum atomic E-state index is 0.300. The zero-order valence-electron chi connectivity index (χ0n) is 9.02. The van der Waals surface area contributed by atoms with Gasteiger partial charge in [0.15, 0.2) is 5.84 Å². The molecule has 0 saturated carbocycles. The molecule has 1 aromatic carbocycles. The van der Waals surface area contributed by atoms with Gasteiger partial charge in [0.05, 0.1) is 5.03 Å². The van der Waals surface area contributed by atoms with E-state index in [4.69, 9.17) is 17.0 Å². The van der Waals surface area contributed by atoms with Crippen molar-refractivity contribution in [3.8, 4) is 0 Å². The Kier molecular flexibility index (Phi) is 2.34. The molecule has 0 fully saturated rings. The summed E-state index contributed by atoms with van der Waals surface area (Å²) in [6.45, 7) is 0.692. The van der Waals surface area contributed by atoms with E-state index < -0.39 is 0 Å². The maximum absolute atomic E-state index is 7.98. The molecule has 2 aliphatic rings. The molecular formula is C13H10ClN3. The normalized spacial score (nSPS) is 17.9. The number of nitrogens with one attached hydrogen (secondary N) is 1. The molecule has 0 aromatic heterocycles. The Labute approximate surface area is 104 Å². The highest BCUT2D eigenvalue weighted by Gasteiger charge is 2.19. The molecule has 0 spiro atoms. The summed E-state index contributed by atoms with van der Waals surface area (Å²) >= 11 is 5.98. The Morgan fingerprint density at radius 1 is 1.24 bits per heavy atom. The number of allylic oxidation sites excluding steroid dienone is 2. The van der Waals surface area contributed by atoms with Crippen LogP contribution in [-0.2, 0) is 6.54 Å². The molecule has 4 heteroatoms. The van der Waals surface area contributed by atoms with Crippen molar-refractivity contribution < 1.29 is 0 Å². The van der Waals surface area contributed by atoms with E-state index in [1.807, 2.05) is 41.4 Å². The number of fused-ring (bicyclic) bond motifs is 2. The van der Waals surface area contributed by atoms with Crippen LogP contribution in [0.4, 0.5) is 0 Å². The number of hydrogen-bond donors (Lipinski definition) is 1. The molecule has 3 rings (SSSR count). The molecule has 0 radical (unpaired) electrons. The van der Waals surface area contributed by atoms with Gasteiger partial charge in [0.1, 0.15) is 5.84 Å². The topological polar surface area (TPSA) is 39.5 Å². The molecule has 0 saturated heterocycles. The predicted octanol–water partition coefficient (Wildman–Crippen LogP) is 2.88. The number of nitrogens with zero attached hydrogens (tertiary/aromatic N) is 2. The lowest BCUT2D eigenvalue weighted by atomic mass is 10.1. The third kappa shape index (κ3) is 1.78. The summed E-state index contributed by atoms with van der Waals surface area (Å²) in [5, 5.41) is 8.66. The van der Waals surface area contributed by atoms with Crippen molar-refractivity contribution in [1.29, 1.82) is 5.41 Å². The van der Waals surface area contributed by atoms with E-state index in [1.54, 1.807) is 6.08 Å². The Morgan fingerprint density at radius 3 is 2.94 bits per heavy atom. The van der Waals surface area contributed by atoms with Crippen LogP contribution in [0.25, 0.3) is 0 Å². The first-order valence-electron chi connectivity index (χ1n) is 5.31. The van der Waals surface area contributed by atoms with E-state index in [1.165, 1.54) is 0 Å². The zero-order chi connectivity index (χ0) is 11.8. The van der Waals surface area contributed by atoms with Gasteiger partial charge in [-0.3, -0.25) is 5.41 Å². The molecule has 3 nitrogen and oxygen atoms in total. The molecule has 2 heterocycles. The summed E-state index contributed by atoms with van der Waals surface area (Å²) in [7, 11) is 0. The van der Waals surface area contributed by atoms with E-state index in [0.29, 0.717) is 17.4 Å². The van der Waals surface area contributed by atoms with Gasteiger partial charge in [-0.1, -0.05) is 35.9 Å². The highest BCUT2D eigenvalue weighted by atomic mass is 35.5. The van der Waals surface area contributed by atoms with Crippen molar-refractivity contribution >= 4 is 23.3 Å². The number of halogens is 1. The van der Waals surface area contributed by atoms with Crippen LogP contribution in [-0.4, -0.2) is 16.6 Å². The molecule has 0 unspecified atom stereocenters. The minimum Gasteiger partial charge on any atom is -0.327 e.